The smallest absolute Gasteiger partial charge is 0.223 e. The molecule has 1 heterocycles. The highest BCUT2D eigenvalue weighted by Gasteiger charge is 2.48. The minimum absolute atomic E-state index is 0.00572. The predicted octanol–water partition coefficient (Wildman–Crippen LogP) is 4.38. The van der Waals surface area contributed by atoms with E-state index in [2.05, 4.69) is 27.7 Å². The molecular formula is C14H26O2S. The zero-order valence-corrected chi connectivity index (χ0v) is 12.7. The Morgan fingerprint density at radius 1 is 1.29 bits per heavy atom. The summed E-state index contributed by atoms with van der Waals surface area (Å²) in [5.74, 6) is 0. The predicted molar refractivity (Wildman–Crippen MR) is 74.1 cm³/mol. The highest BCUT2D eigenvalue weighted by molar-refractivity contribution is 8.14. The van der Waals surface area contributed by atoms with Crippen LogP contribution in [0.5, 0.6) is 0 Å². The molecule has 2 unspecified atom stereocenters. The normalized spacial score (nSPS) is 29.9. The van der Waals surface area contributed by atoms with Crippen molar-refractivity contribution in [3.05, 3.63) is 0 Å². The van der Waals surface area contributed by atoms with E-state index in [1.165, 1.54) is 31.0 Å². The molecule has 100 valence electrons. The van der Waals surface area contributed by atoms with Gasteiger partial charge in [-0.2, -0.15) is 0 Å². The van der Waals surface area contributed by atoms with Crippen molar-refractivity contribution in [1.29, 1.82) is 0 Å². The lowest BCUT2D eigenvalue weighted by Crippen LogP contribution is -2.34. The Morgan fingerprint density at radius 3 is 2.41 bits per heavy atom. The van der Waals surface area contributed by atoms with Gasteiger partial charge in [-0.25, -0.2) is 0 Å². The first kappa shape index (κ1) is 15.0. The first-order valence-corrected chi connectivity index (χ1v) is 7.56. The molecule has 0 radical (unpaired) electrons. The molecule has 0 N–H and O–H groups in total. The van der Waals surface area contributed by atoms with Crippen molar-refractivity contribution < 1.29 is 9.53 Å². The number of thioether (sulfide) groups is 1. The molecule has 0 aromatic carbocycles. The zero-order valence-electron chi connectivity index (χ0n) is 11.8. The molecule has 1 rings (SSSR count). The van der Waals surface area contributed by atoms with E-state index in [4.69, 9.17) is 4.74 Å². The molecule has 2 nitrogen and oxygen atoms in total. The Hall–Kier alpha value is -0.0200. The van der Waals surface area contributed by atoms with Crippen LogP contribution in [0, 0.1) is 5.41 Å². The Labute approximate surface area is 110 Å². The van der Waals surface area contributed by atoms with E-state index >= 15 is 0 Å². The lowest BCUT2D eigenvalue weighted by atomic mass is 9.96. The Bertz CT molecular complexity index is 270. The standard InChI is InChI=1S/C14H26O2S/c1-6-7-8-9-10-14(5)11(15)17-12(16-14)13(2,3)4/h12H,6-10H2,1-5H3. The second-order valence-corrected chi connectivity index (χ2v) is 7.30. The molecule has 0 spiro atoms. The van der Waals surface area contributed by atoms with E-state index in [1.54, 1.807) is 0 Å². The molecule has 1 aliphatic rings. The Balaban J connectivity index is 2.50. The van der Waals surface area contributed by atoms with Crippen molar-refractivity contribution in [3.8, 4) is 0 Å². The van der Waals surface area contributed by atoms with Crippen LogP contribution in [0.4, 0.5) is 0 Å². The summed E-state index contributed by atoms with van der Waals surface area (Å²) in [7, 11) is 0. The number of carbonyl (C=O) groups is 1. The van der Waals surface area contributed by atoms with Crippen LogP contribution < -0.4 is 0 Å². The van der Waals surface area contributed by atoms with Gasteiger partial charge in [-0.05, 0) is 18.8 Å². The maximum absolute atomic E-state index is 12.1. The average Bonchev–Trinajstić information content (AvgIpc) is 2.51. The Morgan fingerprint density at radius 2 is 1.94 bits per heavy atom. The molecule has 0 bridgehead atoms. The third kappa shape index (κ3) is 3.99. The number of ether oxygens (including phenoxy) is 1. The molecule has 0 saturated carbocycles. The molecule has 0 aromatic heterocycles. The summed E-state index contributed by atoms with van der Waals surface area (Å²) < 4.78 is 6.02. The number of rotatable bonds is 5. The van der Waals surface area contributed by atoms with E-state index in [0.717, 1.165) is 12.8 Å². The van der Waals surface area contributed by atoms with Crippen LogP contribution >= 0.6 is 11.8 Å². The van der Waals surface area contributed by atoms with Gasteiger partial charge in [0, 0.05) is 0 Å². The summed E-state index contributed by atoms with van der Waals surface area (Å²) in [5, 5.41) is 0.217. The summed E-state index contributed by atoms with van der Waals surface area (Å²) in [4.78, 5) is 12.1. The minimum atomic E-state index is -0.545. The quantitative estimate of drug-likeness (QED) is 0.685. The summed E-state index contributed by atoms with van der Waals surface area (Å²) in [6.07, 6.45) is 5.64. The molecule has 2 atom stereocenters. The van der Waals surface area contributed by atoms with E-state index < -0.39 is 5.60 Å². The van der Waals surface area contributed by atoms with E-state index in [9.17, 15) is 4.79 Å². The van der Waals surface area contributed by atoms with Crippen LogP contribution in [0.1, 0.15) is 66.7 Å². The van der Waals surface area contributed by atoms with Gasteiger partial charge in [-0.3, -0.25) is 4.79 Å². The van der Waals surface area contributed by atoms with E-state index in [-0.39, 0.29) is 16.0 Å². The van der Waals surface area contributed by atoms with Gasteiger partial charge in [0.1, 0.15) is 11.0 Å². The lowest BCUT2D eigenvalue weighted by Gasteiger charge is -2.28. The zero-order chi connectivity index (χ0) is 13.1. The maximum atomic E-state index is 12.1. The lowest BCUT2D eigenvalue weighted by molar-refractivity contribution is -0.134. The monoisotopic (exact) mass is 258 g/mol. The fourth-order valence-corrected chi connectivity index (χ4v) is 3.14. The van der Waals surface area contributed by atoms with Crippen molar-refractivity contribution >= 4 is 16.9 Å². The van der Waals surface area contributed by atoms with Crippen molar-refractivity contribution in [3.63, 3.8) is 0 Å². The molecule has 1 fully saturated rings. The van der Waals surface area contributed by atoms with Crippen molar-refractivity contribution in [2.75, 3.05) is 0 Å². The molecule has 1 aliphatic heterocycles. The van der Waals surface area contributed by atoms with Gasteiger partial charge in [-0.15, -0.1) is 0 Å². The molecular weight excluding hydrogens is 232 g/mol. The fraction of sp³-hybridized carbons (Fsp3) is 0.929. The number of hydrogen-bond donors (Lipinski definition) is 0. The highest BCUT2D eigenvalue weighted by Crippen LogP contribution is 2.45. The van der Waals surface area contributed by atoms with Crippen molar-refractivity contribution in [1.82, 2.24) is 0 Å². The Kier molecular flexibility index (Phi) is 5.08. The third-order valence-electron chi connectivity index (χ3n) is 3.23. The van der Waals surface area contributed by atoms with Crippen molar-refractivity contribution in [2.45, 2.75) is 77.8 Å². The largest absolute Gasteiger partial charge is 0.352 e. The van der Waals surface area contributed by atoms with Crippen LogP contribution in [0.25, 0.3) is 0 Å². The SMILES string of the molecule is CCCCCCC1(C)OC(C(C)(C)C)SC1=O. The molecule has 0 aromatic rings. The molecule has 1 saturated heterocycles. The van der Waals surface area contributed by atoms with Gasteiger partial charge in [0.25, 0.3) is 0 Å². The number of unbranched alkanes of at least 4 members (excludes halogenated alkanes) is 3. The number of hydrogen-bond acceptors (Lipinski definition) is 3. The minimum Gasteiger partial charge on any atom is -0.352 e. The van der Waals surface area contributed by atoms with Crippen molar-refractivity contribution in [2.24, 2.45) is 5.41 Å². The second-order valence-electron chi connectivity index (χ2n) is 6.26. The van der Waals surface area contributed by atoms with Gasteiger partial charge in [0.15, 0.2) is 0 Å². The summed E-state index contributed by atoms with van der Waals surface area (Å²) in [6.45, 7) is 10.5. The highest BCUT2D eigenvalue weighted by atomic mass is 32.2. The average molecular weight is 258 g/mol. The van der Waals surface area contributed by atoms with E-state index in [0.29, 0.717) is 0 Å². The molecule has 0 aliphatic carbocycles. The summed E-state index contributed by atoms with van der Waals surface area (Å²) in [5.41, 5.74) is -0.510. The summed E-state index contributed by atoms with van der Waals surface area (Å²) >= 11 is 1.38. The summed E-state index contributed by atoms with van der Waals surface area (Å²) in [6, 6.07) is 0. The van der Waals surface area contributed by atoms with Gasteiger partial charge in [0.05, 0.1) is 0 Å². The number of carbonyl (C=O) groups excluding carboxylic acids is 1. The fourth-order valence-electron chi connectivity index (χ4n) is 1.93. The van der Waals surface area contributed by atoms with Gasteiger partial charge in [0.2, 0.25) is 5.12 Å². The van der Waals surface area contributed by atoms with Crippen LogP contribution in [0.2, 0.25) is 0 Å². The van der Waals surface area contributed by atoms with Crippen LogP contribution in [0.3, 0.4) is 0 Å². The topological polar surface area (TPSA) is 26.3 Å². The molecule has 3 heteroatoms. The van der Waals surface area contributed by atoms with E-state index in [1.807, 2.05) is 6.92 Å². The second kappa shape index (κ2) is 5.75. The first-order valence-electron chi connectivity index (χ1n) is 6.68. The van der Waals surface area contributed by atoms with Crippen LogP contribution in [-0.2, 0) is 9.53 Å². The maximum Gasteiger partial charge on any atom is 0.223 e. The first-order chi connectivity index (χ1) is 7.79. The van der Waals surface area contributed by atoms with Gasteiger partial charge >= 0.3 is 0 Å². The van der Waals surface area contributed by atoms with Crippen LogP contribution in [0.15, 0.2) is 0 Å². The van der Waals surface area contributed by atoms with Crippen LogP contribution in [-0.4, -0.2) is 16.2 Å². The van der Waals surface area contributed by atoms with Gasteiger partial charge in [-0.1, -0.05) is 65.1 Å². The molecule has 17 heavy (non-hydrogen) atoms. The molecule has 0 amide bonds. The van der Waals surface area contributed by atoms with Gasteiger partial charge < -0.3 is 4.74 Å². The third-order valence-corrected chi connectivity index (χ3v) is 4.89.